The van der Waals surface area contributed by atoms with E-state index in [-0.39, 0.29) is 0 Å². The zero-order valence-corrected chi connectivity index (χ0v) is 30.8. The molecule has 2 rings (SSSR count). The Hall–Kier alpha value is 1.14. The zero-order chi connectivity index (χ0) is 25.9. The minimum atomic E-state index is -2.00. The third-order valence-corrected chi connectivity index (χ3v) is 27.2. The Morgan fingerprint density at radius 3 is 1.67 bits per heavy atom. The molecule has 198 valence electrons. The van der Waals surface area contributed by atoms with Crippen molar-refractivity contribution in [1.82, 2.24) is 0 Å². The van der Waals surface area contributed by atoms with Gasteiger partial charge in [0, 0.05) is 0 Å². The number of hydrogen-bond donors (Lipinski definition) is 0. The van der Waals surface area contributed by atoms with Gasteiger partial charge in [-0.25, -0.2) is 0 Å². The average Bonchev–Trinajstić information content (AvgIpc) is 3.12. The van der Waals surface area contributed by atoms with Crippen molar-refractivity contribution < 1.29 is 16.5 Å². The standard InChI is InChI=1S/C12H26OSi2.C11H32O3Si4/c1-14(2,3)13-15(4,5)12-9-10-6-7-11(12)8-10;1-10-11-17(6,7)12-15(2)13-18(8,9)14-16(3,4)5/h10-12H,6-9H2,1-5H3;15H,10-11H2,1-9H3. The number of hydrogen-bond acceptors (Lipinski definition) is 4. The van der Waals surface area contributed by atoms with Crippen molar-refractivity contribution in [2.24, 2.45) is 11.8 Å². The van der Waals surface area contributed by atoms with Gasteiger partial charge in [0.15, 0.2) is 33.3 Å². The summed E-state index contributed by atoms with van der Waals surface area (Å²) in [5.41, 5.74) is 0.975. The molecule has 2 aliphatic carbocycles. The minimum Gasteiger partial charge on any atom is -0.455 e. The van der Waals surface area contributed by atoms with Gasteiger partial charge in [-0.3, -0.25) is 0 Å². The molecule has 4 nitrogen and oxygen atoms in total. The lowest BCUT2D eigenvalue weighted by molar-refractivity contribution is 0.350. The van der Waals surface area contributed by atoms with Crippen molar-refractivity contribution in [1.29, 1.82) is 0 Å². The molecule has 0 heterocycles. The van der Waals surface area contributed by atoms with Gasteiger partial charge in [0.05, 0.1) is 0 Å². The fourth-order valence-electron chi connectivity index (χ4n) is 6.26. The first-order chi connectivity index (χ1) is 14.6. The summed E-state index contributed by atoms with van der Waals surface area (Å²) in [7, 11) is -9.31. The fourth-order valence-corrected chi connectivity index (χ4v) is 31.1. The molecule has 2 aliphatic rings. The molecule has 0 aromatic rings. The highest BCUT2D eigenvalue weighted by atomic mass is 28.5. The molecule has 0 radical (unpaired) electrons. The summed E-state index contributed by atoms with van der Waals surface area (Å²) in [5.74, 6) is 2.10. The molecule has 4 unspecified atom stereocenters. The van der Waals surface area contributed by atoms with E-state index in [1.165, 1.54) is 38.1 Å². The zero-order valence-electron chi connectivity index (χ0n) is 24.7. The Morgan fingerprint density at radius 2 is 1.27 bits per heavy atom. The van der Waals surface area contributed by atoms with Gasteiger partial charge in [-0.05, 0) is 121 Å². The van der Waals surface area contributed by atoms with Crippen LogP contribution in [0.3, 0.4) is 0 Å². The molecule has 2 saturated carbocycles. The van der Waals surface area contributed by atoms with Crippen LogP contribution >= 0.6 is 0 Å². The van der Waals surface area contributed by atoms with Crippen LogP contribution in [0.15, 0.2) is 0 Å². The van der Waals surface area contributed by atoms with Crippen LogP contribution in [0.2, 0.25) is 96.7 Å². The molecule has 0 aromatic heterocycles. The van der Waals surface area contributed by atoms with Gasteiger partial charge in [0.1, 0.15) is 0 Å². The molecule has 33 heavy (non-hydrogen) atoms. The summed E-state index contributed by atoms with van der Waals surface area (Å²) in [6, 6.07) is 1.21. The van der Waals surface area contributed by atoms with E-state index in [4.69, 9.17) is 16.5 Å². The summed E-state index contributed by atoms with van der Waals surface area (Å²) in [4.78, 5) is 0. The second kappa shape index (κ2) is 12.1. The van der Waals surface area contributed by atoms with Gasteiger partial charge in [0.2, 0.25) is 0 Å². The maximum Gasteiger partial charge on any atom is 0.312 e. The van der Waals surface area contributed by atoms with Gasteiger partial charge in [-0.2, -0.15) is 0 Å². The Labute approximate surface area is 214 Å². The maximum absolute atomic E-state index is 6.54. The molecule has 2 fully saturated rings. The molecule has 0 spiro atoms. The van der Waals surface area contributed by atoms with Crippen LogP contribution in [-0.2, 0) is 16.5 Å². The minimum absolute atomic E-state index is 0.975. The van der Waals surface area contributed by atoms with Crippen LogP contribution in [0.4, 0.5) is 0 Å². The molecule has 10 heteroatoms. The molecule has 0 amide bonds. The van der Waals surface area contributed by atoms with Crippen molar-refractivity contribution >= 4 is 51.1 Å². The predicted octanol–water partition coefficient (Wildman–Crippen LogP) is 8.27. The van der Waals surface area contributed by atoms with E-state index < -0.39 is 51.1 Å². The molecule has 4 atom stereocenters. The highest BCUT2D eigenvalue weighted by Gasteiger charge is 2.49. The predicted molar refractivity (Wildman–Crippen MR) is 161 cm³/mol. The van der Waals surface area contributed by atoms with Crippen LogP contribution in [-0.4, -0.2) is 51.1 Å². The Morgan fingerprint density at radius 1 is 0.727 bits per heavy atom. The lowest BCUT2D eigenvalue weighted by atomic mass is 10.0. The third-order valence-electron chi connectivity index (χ3n) is 6.54. The molecule has 0 aromatic carbocycles. The number of rotatable bonds is 11. The third kappa shape index (κ3) is 12.8. The summed E-state index contributed by atoms with van der Waals surface area (Å²) in [6.45, 7) is 31.8. The van der Waals surface area contributed by atoms with Crippen molar-refractivity contribution in [2.45, 2.75) is 136 Å². The summed E-state index contributed by atoms with van der Waals surface area (Å²) in [6.07, 6.45) is 7.23. The molecule has 0 N–H and O–H groups in total. The van der Waals surface area contributed by atoms with E-state index in [9.17, 15) is 0 Å². The summed E-state index contributed by atoms with van der Waals surface area (Å²) >= 11 is 0. The van der Waals surface area contributed by atoms with Crippen LogP contribution < -0.4 is 0 Å². The first-order valence-corrected chi connectivity index (χ1v) is 31.2. The van der Waals surface area contributed by atoms with Gasteiger partial charge >= 0.3 is 8.56 Å². The van der Waals surface area contributed by atoms with Crippen molar-refractivity contribution in [3.05, 3.63) is 0 Å². The van der Waals surface area contributed by atoms with E-state index in [1.54, 1.807) is 0 Å². The fraction of sp³-hybridized carbons (Fsp3) is 1.00. The molecule has 2 bridgehead atoms. The van der Waals surface area contributed by atoms with Crippen LogP contribution in [0.1, 0.15) is 39.0 Å². The topological polar surface area (TPSA) is 36.9 Å². The van der Waals surface area contributed by atoms with Gasteiger partial charge < -0.3 is 16.5 Å². The normalized spacial score (nSPS) is 25.1. The summed E-state index contributed by atoms with van der Waals surface area (Å²) in [5, 5.41) is 0. The van der Waals surface area contributed by atoms with E-state index in [1.807, 2.05) is 0 Å². The van der Waals surface area contributed by atoms with Gasteiger partial charge in [-0.15, -0.1) is 0 Å². The monoisotopic (exact) mass is 566 g/mol. The van der Waals surface area contributed by atoms with Crippen molar-refractivity contribution in [3.8, 4) is 0 Å². The Kier molecular flexibility index (Phi) is 11.8. The second-order valence-corrected chi connectivity index (χ2v) is 37.9. The molecule has 0 aliphatic heterocycles. The molecular formula is C23H58O4Si6. The highest BCUT2D eigenvalue weighted by molar-refractivity contribution is 6.85. The van der Waals surface area contributed by atoms with Crippen molar-refractivity contribution in [2.75, 3.05) is 0 Å². The summed E-state index contributed by atoms with van der Waals surface area (Å²) < 4.78 is 25.2. The first kappa shape index (κ1) is 32.2. The second-order valence-electron chi connectivity index (χ2n) is 14.0. The van der Waals surface area contributed by atoms with Crippen LogP contribution in [0.5, 0.6) is 0 Å². The average molecular weight is 567 g/mol. The Balaban J connectivity index is 0.000000334. The number of fused-ring (bicyclic) bond motifs is 2. The largest absolute Gasteiger partial charge is 0.455 e. The SMILES string of the molecule is CCC[Si](C)(C)O[SiH](C)O[Si](C)(C)O[Si](C)(C)C.C[Si](C)(C)O[Si](C)(C)C1CC2CCC1C2. The van der Waals surface area contributed by atoms with Crippen LogP contribution in [0.25, 0.3) is 0 Å². The van der Waals surface area contributed by atoms with Gasteiger partial charge in [-0.1, -0.05) is 26.2 Å². The maximum atomic E-state index is 6.54. The lowest BCUT2D eigenvalue weighted by Gasteiger charge is -2.39. The first-order valence-electron chi connectivity index (χ1n) is 13.4. The van der Waals surface area contributed by atoms with E-state index >= 15 is 0 Å². The smallest absolute Gasteiger partial charge is 0.312 e. The molecule has 0 saturated heterocycles. The van der Waals surface area contributed by atoms with Crippen LogP contribution in [0, 0.1) is 11.8 Å². The van der Waals surface area contributed by atoms with Crippen molar-refractivity contribution in [3.63, 3.8) is 0 Å². The lowest BCUT2D eigenvalue weighted by Crippen LogP contribution is -2.50. The van der Waals surface area contributed by atoms with E-state index in [0.29, 0.717) is 0 Å². The Bertz CT molecular complexity index is 601. The van der Waals surface area contributed by atoms with Gasteiger partial charge in [0.25, 0.3) is 9.28 Å². The van der Waals surface area contributed by atoms with E-state index in [0.717, 1.165) is 17.4 Å². The van der Waals surface area contributed by atoms with E-state index in [2.05, 4.69) is 92.0 Å². The quantitative estimate of drug-likeness (QED) is 0.236. The molecular weight excluding hydrogens is 509 g/mol. The highest BCUT2D eigenvalue weighted by Crippen LogP contribution is 2.55.